The molecule has 2 aromatic rings. The maximum atomic E-state index is 11.7. The highest BCUT2D eigenvalue weighted by molar-refractivity contribution is 7.99. The van der Waals surface area contributed by atoms with E-state index in [0.29, 0.717) is 17.0 Å². The molecule has 0 radical (unpaired) electrons. The van der Waals surface area contributed by atoms with Crippen LogP contribution in [0.15, 0.2) is 53.6 Å². The van der Waals surface area contributed by atoms with Crippen molar-refractivity contribution < 1.29 is 19.1 Å². The lowest BCUT2D eigenvalue weighted by atomic mass is 10.2. The van der Waals surface area contributed by atoms with Crippen molar-refractivity contribution in [2.24, 2.45) is 0 Å². The van der Waals surface area contributed by atoms with Crippen molar-refractivity contribution in [3.63, 3.8) is 0 Å². The average molecular weight is 346 g/mol. The Morgan fingerprint density at radius 2 is 1.96 bits per heavy atom. The summed E-state index contributed by atoms with van der Waals surface area (Å²) in [5, 5.41) is 14.0. The van der Waals surface area contributed by atoms with Gasteiger partial charge >= 0.3 is 11.7 Å². The number of carbonyl (C=O) groups is 2. The minimum absolute atomic E-state index is 0.153. The van der Waals surface area contributed by atoms with Crippen LogP contribution >= 0.6 is 11.8 Å². The third-order valence-electron chi connectivity index (χ3n) is 3.08. The maximum Gasteiger partial charge on any atom is 0.405 e. The molecule has 0 saturated carbocycles. The Bertz CT molecular complexity index is 704. The molecule has 0 unspecified atom stereocenters. The van der Waals surface area contributed by atoms with Crippen LogP contribution in [0, 0.1) is 12.1 Å². The number of carbonyl (C=O) groups excluding carboxylic acids is 2. The van der Waals surface area contributed by atoms with Crippen LogP contribution < -0.4 is 10.0 Å². The summed E-state index contributed by atoms with van der Waals surface area (Å²) >= 11 is 1.63. The van der Waals surface area contributed by atoms with Crippen LogP contribution in [0.4, 0.5) is 0 Å². The number of pyridine rings is 1. The van der Waals surface area contributed by atoms with E-state index in [0.717, 1.165) is 4.90 Å². The lowest BCUT2D eigenvalue weighted by Gasteiger charge is -2.07. The van der Waals surface area contributed by atoms with Crippen LogP contribution in [-0.4, -0.2) is 30.8 Å². The van der Waals surface area contributed by atoms with Crippen LogP contribution in [0.5, 0.6) is 0 Å². The van der Waals surface area contributed by atoms with E-state index in [1.165, 1.54) is 23.9 Å². The Labute approximate surface area is 144 Å². The molecule has 0 fully saturated rings. The third-order valence-corrected chi connectivity index (χ3v) is 4.10. The molecule has 24 heavy (non-hydrogen) atoms. The zero-order valence-electron chi connectivity index (χ0n) is 13.2. The summed E-state index contributed by atoms with van der Waals surface area (Å²) in [7, 11) is 0. The van der Waals surface area contributed by atoms with Gasteiger partial charge in [0.25, 0.3) is 5.91 Å². The molecule has 1 amide bonds. The van der Waals surface area contributed by atoms with Crippen molar-refractivity contribution in [2.75, 3.05) is 18.9 Å². The SMILES string of the molecule is Cc1ccc(SCCNC(=O)COC(=O)c2cccc[n+]2[O-])cc1. The van der Waals surface area contributed by atoms with Crippen LogP contribution in [0.25, 0.3) is 0 Å². The predicted octanol–water partition coefficient (Wildman–Crippen LogP) is 1.69. The molecule has 0 aliphatic heterocycles. The van der Waals surface area contributed by atoms with E-state index in [1.54, 1.807) is 17.8 Å². The average Bonchev–Trinajstić information content (AvgIpc) is 2.58. The van der Waals surface area contributed by atoms with Gasteiger partial charge in [0, 0.05) is 29.3 Å². The number of hydrogen-bond acceptors (Lipinski definition) is 5. The Balaban J connectivity index is 1.65. The highest BCUT2D eigenvalue weighted by Crippen LogP contribution is 2.17. The van der Waals surface area contributed by atoms with Gasteiger partial charge in [0.1, 0.15) is 0 Å². The molecule has 2 rings (SSSR count). The second-order valence-corrected chi connectivity index (χ2v) is 6.17. The summed E-state index contributed by atoms with van der Waals surface area (Å²) < 4.78 is 5.22. The van der Waals surface area contributed by atoms with E-state index < -0.39 is 18.5 Å². The molecule has 0 bridgehead atoms. The zero-order valence-corrected chi connectivity index (χ0v) is 14.0. The summed E-state index contributed by atoms with van der Waals surface area (Å²) in [6.45, 7) is 2.07. The topological polar surface area (TPSA) is 82.3 Å². The number of aromatic nitrogens is 1. The summed E-state index contributed by atoms with van der Waals surface area (Å²) in [6.07, 6.45) is 1.19. The van der Waals surface area contributed by atoms with E-state index in [-0.39, 0.29) is 5.69 Å². The second-order valence-electron chi connectivity index (χ2n) is 5.00. The van der Waals surface area contributed by atoms with Crippen molar-refractivity contribution in [3.05, 3.63) is 65.1 Å². The van der Waals surface area contributed by atoms with Gasteiger partial charge in [-0.3, -0.25) is 4.79 Å². The van der Waals surface area contributed by atoms with E-state index in [9.17, 15) is 14.8 Å². The maximum absolute atomic E-state index is 11.7. The molecule has 7 heteroatoms. The minimum atomic E-state index is -0.824. The number of aryl methyl sites for hydroxylation is 1. The smallest absolute Gasteiger partial charge is 0.405 e. The Morgan fingerprint density at radius 1 is 1.21 bits per heavy atom. The van der Waals surface area contributed by atoms with E-state index >= 15 is 0 Å². The lowest BCUT2D eigenvalue weighted by molar-refractivity contribution is -0.608. The Hall–Kier alpha value is -2.54. The fourth-order valence-electron chi connectivity index (χ4n) is 1.84. The van der Waals surface area contributed by atoms with E-state index in [4.69, 9.17) is 4.74 Å². The van der Waals surface area contributed by atoms with E-state index in [1.807, 2.05) is 31.2 Å². The van der Waals surface area contributed by atoms with Crippen LogP contribution in [0.1, 0.15) is 16.1 Å². The summed E-state index contributed by atoms with van der Waals surface area (Å²) in [5.74, 6) is -0.516. The molecule has 126 valence electrons. The van der Waals surface area contributed by atoms with Crippen molar-refractivity contribution in [1.29, 1.82) is 0 Å². The van der Waals surface area contributed by atoms with Crippen molar-refractivity contribution in [3.8, 4) is 0 Å². The number of nitrogens with zero attached hydrogens (tertiary/aromatic N) is 1. The molecule has 0 aliphatic rings. The van der Waals surface area contributed by atoms with Crippen molar-refractivity contribution in [2.45, 2.75) is 11.8 Å². The largest absolute Gasteiger partial charge is 0.618 e. The molecule has 0 atom stereocenters. The summed E-state index contributed by atoms with van der Waals surface area (Å²) in [6, 6.07) is 12.5. The highest BCUT2D eigenvalue weighted by atomic mass is 32.2. The van der Waals surface area contributed by atoms with Gasteiger partial charge in [-0.05, 0) is 25.1 Å². The van der Waals surface area contributed by atoms with Gasteiger partial charge in [0.05, 0.1) is 0 Å². The first kappa shape index (κ1) is 17.8. The van der Waals surface area contributed by atoms with Gasteiger partial charge in [-0.2, -0.15) is 4.73 Å². The van der Waals surface area contributed by atoms with Crippen LogP contribution in [0.2, 0.25) is 0 Å². The lowest BCUT2D eigenvalue weighted by Crippen LogP contribution is -2.36. The van der Waals surface area contributed by atoms with Gasteiger partial charge in [-0.15, -0.1) is 11.8 Å². The Morgan fingerprint density at radius 3 is 2.67 bits per heavy atom. The molecule has 0 saturated heterocycles. The van der Waals surface area contributed by atoms with E-state index in [2.05, 4.69) is 5.32 Å². The number of esters is 1. The normalized spacial score (nSPS) is 10.2. The minimum Gasteiger partial charge on any atom is -0.618 e. The molecule has 0 spiro atoms. The first-order chi connectivity index (χ1) is 11.6. The first-order valence-corrected chi connectivity index (χ1v) is 8.36. The van der Waals surface area contributed by atoms with Gasteiger partial charge in [0.2, 0.25) is 0 Å². The van der Waals surface area contributed by atoms with Crippen molar-refractivity contribution >= 4 is 23.6 Å². The number of amides is 1. The molecular formula is C17H18N2O4S. The molecule has 0 aliphatic carbocycles. The standard InChI is InChI=1S/C17H18N2O4S/c1-13-5-7-14(8-6-13)24-11-9-18-16(20)12-23-17(21)15-4-2-3-10-19(15)22/h2-8,10H,9,11-12H2,1H3,(H,18,20). The number of ether oxygens (including phenoxy) is 1. The van der Waals surface area contributed by atoms with Gasteiger partial charge in [-0.25, -0.2) is 4.79 Å². The molecule has 1 heterocycles. The predicted molar refractivity (Wildman–Crippen MR) is 90.6 cm³/mol. The quantitative estimate of drug-likeness (QED) is 0.271. The van der Waals surface area contributed by atoms with Crippen LogP contribution in [0.3, 0.4) is 0 Å². The molecular weight excluding hydrogens is 328 g/mol. The highest BCUT2D eigenvalue weighted by Gasteiger charge is 2.17. The number of benzene rings is 1. The number of hydrogen-bond donors (Lipinski definition) is 1. The fourth-order valence-corrected chi connectivity index (χ4v) is 2.60. The van der Waals surface area contributed by atoms with Crippen molar-refractivity contribution in [1.82, 2.24) is 5.32 Å². The molecule has 1 aromatic heterocycles. The number of nitrogens with one attached hydrogen (secondary N) is 1. The number of rotatable bonds is 7. The van der Waals surface area contributed by atoms with Gasteiger partial charge < -0.3 is 15.3 Å². The zero-order chi connectivity index (χ0) is 17.4. The molecule has 1 N–H and O–H groups in total. The summed E-state index contributed by atoms with van der Waals surface area (Å²) in [5.41, 5.74) is 1.05. The molecule has 6 nitrogen and oxygen atoms in total. The second kappa shape index (κ2) is 8.93. The monoisotopic (exact) mass is 346 g/mol. The first-order valence-electron chi connectivity index (χ1n) is 7.38. The third kappa shape index (κ3) is 5.58. The fraction of sp³-hybridized carbons (Fsp3) is 0.235. The Kier molecular flexibility index (Phi) is 6.62. The molecule has 1 aromatic carbocycles. The van der Waals surface area contributed by atoms with Gasteiger partial charge in [-0.1, -0.05) is 17.7 Å². The van der Waals surface area contributed by atoms with Gasteiger partial charge in [0.15, 0.2) is 12.8 Å². The number of thioether (sulfide) groups is 1. The van der Waals surface area contributed by atoms with Crippen LogP contribution in [-0.2, 0) is 9.53 Å². The summed E-state index contributed by atoms with van der Waals surface area (Å²) in [4.78, 5) is 24.5.